The highest BCUT2D eigenvalue weighted by molar-refractivity contribution is 7.98. The molecule has 1 unspecified atom stereocenters. The predicted octanol–water partition coefficient (Wildman–Crippen LogP) is 3.66. The summed E-state index contributed by atoms with van der Waals surface area (Å²) in [7, 11) is 2.00. The summed E-state index contributed by atoms with van der Waals surface area (Å²) in [6, 6.07) is 6.40. The average Bonchev–Trinajstić information content (AvgIpc) is 3.26. The van der Waals surface area contributed by atoms with Crippen LogP contribution in [-0.2, 0) is 6.54 Å². The molecule has 1 aliphatic rings. The van der Waals surface area contributed by atoms with Gasteiger partial charge in [0.2, 0.25) is 0 Å². The van der Waals surface area contributed by atoms with Gasteiger partial charge in [-0.3, -0.25) is 0 Å². The first-order valence-corrected chi connectivity index (χ1v) is 8.75. The number of anilines is 1. The third-order valence-corrected chi connectivity index (χ3v) is 4.63. The Balaban J connectivity index is 2.10. The van der Waals surface area contributed by atoms with Crippen LogP contribution in [0, 0.1) is 5.82 Å². The fourth-order valence-corrected chi connectivity index (χ4v) is 2.92. The second-order valence-electron chi connectivity index (χ2n) is 5.64. The molecule has 1 atom stereocenters. The topological polar surface area (TPSA) is 15.3 Å². The first-order valence-electron chi connectivity index (χ1n) is 7.36. The number of nitrogens with one attached hydrogen (secondary N) is 1. The second kappa shape index (κ2) is 7.32. The Bertz CT molecular complexity index is 434. The summed E-state index contributed by atoms with van der Waals surface area (Å²) < 4.78 is 14.2. The molecule has 0 radical (unpaired) electrons. The normalized spacial score (nSPS) is 16.2. The predicted molar refractivity (Wildman–Crippen MR) is 87.1 cm³/mol. The van der Waals surface area contributed by atoms with Gasteiger partial charge in [-0.05, 0) is 49.8 Å². The zero-order chi connectivity index (χ0) is 14.5. The van der Waals surface area contributed by atoms with Gasteiger partial charge in [0.25, 0.3) is 0 Å². The average molecular weight is 296 g/mol. The molecule has 2 nitrogen and oxygen atoms in total. The maximum Gasteiger partial charge on any atom is 0.146 e. The van der Waals surface area contributed by atoms with Crippen LogP contribution >= 0.6 is 11.8 Å². The molecule has 0 spiro atoms. The molecule has 112 valence electrons. The van der Waals surface area contributed by atoms with Crippen molar-refractivity contribution in [3.05, 3.63) is 29.6 Å². The first-order chi connectivity index (χ1) is 9.63. The van der Waals surface area contributed by atoms with Crippen LogP contribution in [0.1, 0.15) is 31.7 Å². The van der Waals surface area contributed by atoms with Crippen LogP contribution in [0.3, 0.4) is 0 Å². The fourth-order valence-electron chi connectivity index (χ4n) is 2.34. The number of hydrogen-bond donors (Lipinski definition) is 1. The van der Waals surface area contributed by atoms with Crippen molar-refractivity contribution >= 4 is 17.4 Å². The van der Waals surface area contributed by atoms with Crippen LogP contribution in [0.4, 0.5) is 10.1 Å². The fraction of sp³-hybridized carbons (Fsp3) is 0.625. The number of benzene rings is 1. The van der Waals surface area contributed by atoms with Crippen molar-refractivity contribution < 1.29 is 4.39 Å². The van der Waals surface area contributed by atoms with E-state index in [0.29, 0.717) is 12.1 Å². The Morgan fingerprint density at radius 3 is 2.85 bits per heavy atom. The molecule has 0 bridgehead atoms. The summed E-state index contributed by atoms with van der Waals surface area (Å²) in [6.45, 7) is 2.93. The lowest BCUT2D eigenvalue weighted by Gasteiger charge is -2.29. The minimum absolute atomic E-state index is 0.112. The van der Waals surface area contributed by atoms with Gasteiger partial charge in [0.15, 0.2) is 0 Å². The summed E-state index contributed by atoms with van der Waals surface area (Å²) in [5.74, 6) is 0.994. The molecule has 0 aromatic heterocycles. The molecule has 4 heteroatoms. The van der Waals surface area contributed by atoms with Gasteiger partial charge in [0.1, 0.15) is 5.82 Å². The van der Waals surface area contributed by atoms with Crippen molar-refractivity contribution in [2.45, 2.75) is 44.8 Å². The zero-order valence-electron chi connectivity index (χ0n) is 12.7. The Labute approximate surface area is 126 Å². The lowest BCUT2D eigenvalue weighted by atomic mass is 10.1. The van der Waals surface area contributed by atoms with E-state index < -0.39 is 0 Å². The van der Waals surface area contributed by atoms with E-state index in [2.05, 4.69) is 23.4 Å². The van der Waals surface area contributed by atoms with Crippen LogP contribution in [0.2, 0.25) is 0 Å². The minimum Gasteiger partial charge on any atom is -0.369 e. The third kappa shape index (κ3) is 4.13. The van der Waals surface area contributed by atoms with Crippen molar-refractivity contribution in [2.24, 2.45) is 0 Å². The first kappa shape index (κ1) is 15.6. The number of para-hydroxylation sites is 1. The summed E-state index contributed by atoms with van der Waals surface area (Å²) in [6.07, 6.45) is 5.69. The molecular weight excluding hydrogens is 271 g/mol. The molecule has 20 heavy (non-hydrogen) atoms. The number of rotatable bonds is 8. The van der Waals surface area contributed by atoms with Crippen LogP contribution in [0.25, 0.3) is 0 Å². The van der Waals surface area contributed by atoms with Gasteiger partial charge in [-0.25, -0.2) is 4.39 Å². The van der Waals surface area contributed by atoms with Gasteiger partial charge in [-0.2, -0.15) is 11.8 Å². The molecule has 0 aliphatic heterocycles. The van der Waals surface area contributed by atoms with Crippen LogP contribution in [-0.4, -0.2) is 31.1 Å². The van der Waals surface area contributed by atoms with Gasteiger partial charge in [-0.1, -0.05) is 12.1 Å². The monoisotopic (exact) mass is 296 g/mol. The van der Waals surface area contributed by atoms with Gasteiger partial charge in [-0.15, -0.1) is 0 Å². The summed E-state index contributed by atoms with van der Waals surface area (Å²) in [5, 5.41) is 3.48. The van der Waals surface area contributed by atoms with E-state index in [9.17, 15) is 4.39 Å². The largest absolute Gasteiger partial charge is 0.369 e. The van der Waals surface area contributed by atoms with E-state index >= 15 is 0 Å². The van der Waals surface area contributed by atoms with E-state index in [4.69, 9.17) is 0 Å². The zero-order valence-corrected chi connectivity index (χ0v) is 13.5. The van der Waals surface area contributed by atoms with E-state index in [1.54, 1.807) is 6.07 Å². The Kier molecular flexibility index (Phi) is 5.73. The number of halogens is 1. The number of hydrogen-bond acceptors (Lipinski definition) is 3. The van der Waals surface area contributed by atoms with Gasteiger partial charge >= 0.3 is 0 Å². The SMILES string of the molecule is CSCCC(C)N(C)c1c(F)cccc1CNC1CC1. The summed E-state index contributed by atoms with van der Waals surface area (Å²) in [5.41, 5.74) is 1.82. The van der Waals surface area contributed by atoms with E-state index in [0.717, 1.165) is 30.0 Å². The maximum absolute atomic E-state index is 14.2. The summed E-state index contributed by atoms with van der Waals surface area (Å²) in [4.78, 5) is 2.09. The highest BCUT2D eigenvalue weighted by Crippen LogP contribution is 2.27. The van der Waals surface area contributed by atoms with Crippen LogP contribution in [0.15, 0.2) is 18.2 Å². The highest BCUT2D eigenvalue weighted by Gasteiger charge is 2.22. The Morgan fingerprint density at radius 1 is 1.45 bits per heavy atom. The van der Waals surface area contributed by atoms with Crippen molar-refractivity contribution in [1.82, 2.24) is 5.32 Å². The number of thioether (sulfide) groups is 1. The van der Waals surface area contributed by atoms with Crippen molar-refractivity contribution in [1.29, 1.82) is 0 Å². The molecule has 1 aliphatic carbocycles. The standard InChI is InChI=1S/C16H25FN2S/c1-12(9-10-20-3)19(2)16-13(5-4-6-15(16)17)11-18-14-7-8-14/h4-6,12,14,18H,7-11H2,1-3H3. The molecule has 1 fully saturated rings. The summed E-state index contributed by atoms with van der Waals surface area (Å²) >= 11 is 1.84. The molecule has 2 rings (SSSR count). The number of nitrogens with zero attached hydrogens (tertiary/aromatic N) is 1. The molecule has 0 saturated heterocycles. The second-order valence-corrected chi connectivity index (χ2v) is 6.63. The van der Waals surface area contributed by atoms with Crippen molar-refractivity contribution in [3.8, 4) is 0 Å². The molecular formula is C16H25FN2S. The van der Waals surface area contributed by atoms with E-state index in [1.165, 1.54) is 12.8 Å². The quantitative estimate of drug-likeness (QED) is 0.788. The van der Waals surface area contributed by atoms with Crippen LogP contribution in [0.5, 0.6) is 0 Å². The van der Waals surface area contributed by atoms with Crippen molar-refractivity contribution in [2.75, 3.05) is 24.0 Å². The van der Waals surface area contributed by atoms with Gasteiger partial charge < -0.3 is 10.2 Å². The minimum atomic E-state index is -0.112. The molecule has 1 N–H and O–H groups in total. The molecule has 1 saturated carbocycles. The molecule has 0 amide bonds. The third-order valence-electron chi connectivity index (χ3n) is 3.98. The lowest BCUT2D eigenvalue weighted by Crippen LogP contribution is -2.31. The lowest BCUT2D eigenvalue weighted by molar-refractivity contribution is 0.592. The maximum atomic E-state index is 14.2. The Morgan fingerprint density at radius 2 is 2.20 bits per heavy atom. The van der Waals surface area contributed by atoms with E-state index in [1.807, 2.05) is 30.9 Å². The highest BCUT2D eigenvalue weighted by atomic mass is 32.2. The molecule has 0 heterocycles. The smallest absolute Gasteiger partial charge is 0.146 e. The van der Waals surface area contributed by atoms with Crippen LogP contribution < -0.4 is 10.2 Å². The molecule has 1 aromatic carbocycles. The van der Waals surface area contributed by atoms with E-state index in [-0.39, 0.29) is 5.82 Å². The Hall–Kier alpha value is -0.740. The molecule has 1 aromatic rings. The van der Waals surface area contributed by atoms with Crippen molar-refractivity contribution in [3.63, 3.8) is 0 Å². The van der Waals surface area contributed by atoms with Gasteiger partial charge in [0.05, 0.1) is 5.69 Å². The van der Waals surface area contributed by atoms with Gasteiger partial charge in [0, 0.05) is 25.7 Å².